The fraction of sp³-hybridized carbons (Fsp3) is 0.364. The molecular formula is C22H23ClFN3O2S2. The smallest absolute Gasteiger partial charge is 0.229 e. The highest BCUT2D eigenvalue weighted by molar-refractivity contribution is 7.99. The van der Waals surface area contributed by atoms with E-state index in [4.69, 9.17) is 16.3 Å². The third-order valence-corrected chi connectivity index (χ3v) is 7.30. The molecule has 1 aliphatic heterocycles. The molecule has 1 aliphatic rings. The van der Waals surface area contributed by atoms with Crippen LogP contribution >= 0.6 is 34.7 Å². The molecule has 0 atom stereocenters. The first kappa shape index (κ1) is 22.5. The van der Waals surface area contributed by atoms with Crippen molar-refractivity contribution in [3.63, 3.8) is 0 Å². The summed E-state index contributed by atoms with van der Waals surface area (Å²) >= 11 is 9.15. The van der Waals surface area contributed by atoms with Crippen LogP contribution in [0, 0.1) is 5.82 Å². The van der Waals surface area contributed by atoms with E-state index in [0.717, 1.165) is 48.0 Å². The summed E-state index contributed by atoms with van der Waals surface area (Å²) < 4.78 is 19.5. The SMILES string of the molecule is O=C(CCSc1ccc(F)cc1)N(CCN1CCOCC1)c1nc2ccc(Cl)cc2s1. The molecule has 1 aromatic heterocycles. The van der Waals surface area contributed by atoms with E-state index in [9.17, 15) is 9.18 Å². The molecular weight excluding hydrogens is 457 g/mol. The van der Waals surface area contributed by atoms with Crippen molar-refractivity contribution in [2.75, 3.05) is 50.0 Å². The molecule has 0 bridgehead atoms. The van der Waals surface area contributed by atoms with E-state index >= 15 is 0 Å². The fourth-order valence-electron chi connectivity index (χ4n) is 3.32. The number of hydrogen-bond donors (Lipinski definition) is 0. The summed E-state index contributed by atoms with van der Waals surface area (Å²) in [6, 6.07) is 11.9. The van der Waals surface area contributed by atoms with E-state index in [1.807, 2.05) is 18.2 Å². The maximum Gasteiger partial charge on any atom is 0.229 e. The second kappa shape index (κ2) is 10.7. The number of carbonyl (C=O) groups excluding carboxylic acids is 1. The number of morpholine rings is 1. The highest BCUT2D eigenvalue weighted by Crippen LogP contribution is 2.31. The van der Waals surface area contributed by atoms with Crippen LogP contribution in [0.1, 0.15) is 6.42 Å². The average molecular weight is 480 g/mol. The maximum atomic E-state index is 13.2. The van der Waals surface area contributed by atoms with Gasteiger partial charge in [0.25, 0.3) is 0 Å². The van der Waals surface area contributed by atoms with Crippen molar-refractivity contribution in [2.24, 2.45) is 0 Å². The summed E-state index contributed by atoms with van der Waals surface area (Å²) in [5, 5.41) is 1.35. The summed E-state index contributed by atoms with van der Waals surface area (Å²) in [6.45, 7) is 4.55. The normalized spacial score (nSPS) is 14.8. The van der Waals surface area contributed by atoms with E-state index in [1.165, 1.54) is 23.5 Å². The number of carbonyl (C=O) groups is 1. The molecule has 0 saturated carbocycles. The quantitative estimate of drug-likeness (QED) is 0.428. The molecule has 2 heterocycles. The van der Waals surface area contributed by atoms with E-state index in [2.05, 4.69) is 9.88 Å². The first-order valence-corrected chi connectivity index (χ1v) is 12.3. The molecule has 31 heavy (non-hydrogen) atoms. The first-order chi connectivity index (χ1) is 15.1. The largest absolute Gasteiger partial charge is 0.379 e. The summed E-state index contributed by atoms with van der Waals surface area (Å²) in [5.41, 5.74) is 0.842. The Bertz CT molecular complexity index is 1030. The third kappa shape index (κ3) is 6.17. The van der Waals surface area contributed by atoms with Crippen LogP contribution in [0.4, 0.5) is 9.52 Å². The second-order valence-electron chi connectivity index (χ2n) is 7.16. The van der Waals surface area contributed by atoms with Crippen molar-refractivity contribution >= 4 is 56.0 Å². The molecule has 164 valence electrons. The maximum absolute atomic E-state index is 13.2. The van der Waals surface area contributed by atoms with Crippen LogP contribution in [0.25, 0.3) is 10.2 Å². The van der Waals surface area contributed by atoms with Crippen molar-refractivity contribution in [1.29, 1.82) is 0 Å². The molecule has 1 saturated heterocycles. The minimum Gasteiger partial charge on any atom is -0.379 e. The Morgan fingerprint density at radius 2 is 2.00 bits per heavy atom. The van der Waals surface area contributed by atoms with Crippen LogP contribution in [-0.4, -0.2) is 60.9 Å². The van der Waals surface area contributed by atoms with Crippen molar-refractivity contribution < 1.29 is 13.9 Å². The van der Waals surface area contributed by atoms with Crippen molar-refractivity contribution in [3.8, 4) is 0 Å². The summed E-state index contributed by atoms with van der Waals surface area (Å²) in [7, 11) is 0. The Balaban J connectivity index is 1.44. The Morgan fingerprint density at radius 3 is 2.77 bits per heavy atom. The van der Waals surface area contributed by atoms with Crippen LogP contribution < -0.4 is 4.90 Å². The van der Waals surface area contributed by atoms with Crippen molar-refractivity contribution in [1.82, 2.24) is 9.88 Å². The molecule has 9 heteroatoms. The van der Waals surface area contributed by atoms with Crippen LogP contribution in [0.2, 0.25) is 5.02 Å². The monoisotopic (exact) mass is 479 g/mol. The topological polar surface area (TPSA) is 45.7 Å². The number of hydrogen-bond acceptors (Lipinski definition) is 6. The number of amides is 1. The van der Waals surface area contributed by atoms with Gasteiger partial charge in [-0.1, -0.05) is 22.9 Å². The van der Waals surface area contributed by atoms with Gasteiger partial charge in [-0.15, -0.1) is 11.8 Å². The number of rotatable bonds is 8. The van der Waals surface area contributed by atoms with Gasteiger partial charge in [0.05, 0.1) is 23.4 Å². The zero-order chi connectivity index (χ0) is 21.6. The number of nitrogens with zero attached hydrogens (tertiary/aromatic N) is 3. The molecule has 1 amide bonds. The predicted molar refractivity (Wildman–Crippen MR) is 126 cm³/mol. The number of anilines is 1. The molecule has 2 aromatic carbocycles. The van der Waals surface area contributed by atoms with E-state index < -0.39 is 0 Å². The zero-order valence-corrected chi connectivity index (χ0v) is 19.3. The van der Waals surface area contributed by atoms with Gasteiger partial charge in [-0.2, -0.15) is 0 Å². The van der Waals surface area contributed by atoms with Gasteiger partial charge in [-0.25, -0.2) is 9.37 Å². The highest BCUT2D eigenvalue weighted by atomic mass is 35.5. The Labute approximate surface area is 194 Å². The van der Waals surface area contributed by atoms with E-state index in [1.54, 1.807) is 28.8 Å². The minimum absolute atomic E-state index is 0.0352. The van der Waals surface area contributed by atoms with Crippen LogP contribution in [0.15, 0.2) is 47.4 Å². The van der Waals surface area contributed by atoms with Gasteiger partial charge in [0, 0.05) is 48.3 Å². The lowest BCUT2D eigenvalue weighted by molar-refractivity contribution is -0.118. The zero-order valence-electron chi connectivity index (χ0n) is 16.9. The Morgan fingerprint density at radius 1 is 1.23 bits per heavy atom. The predicted octanol–water partition coefficient (Wildman–Crippen LogP) is 4.94. The van der Waals surface area contributed by atoms with Crippen LogP contribution in [0.5, 0.6) is 0 Å². The number of fused-ring (bicyclic) bond motifs is 1. The molecule has 5 nitrogen and oxygen atoms in total. The van der Waals surface area contributed by atoms with Crippen LogP contribution in [0.3, 0.4) is 0 Å². The van der Waals surface area contributed by atoms with Gasteiger partial charge in [0.2, 0.25) is 5.91 Å². The van der Waals surface area contributed by atoms with Gasteiger partial charge in [-0.3, -0.25) is 14.6 Å². The summed E-state index contributed by atoms with van der Waals surface area (Å²) in [6.07, 6.45) is 0.377. The number of benzene rings is 2. The number of thiazole rings is 1. The Kier molecular flexibility index (Phi) is 7.79. The molecule has 0 unspecified atom stereocenters. The number of ether oxygens (including phenoxy) is 1. The lowest BCUT2D eigenvalue weighted by Crippen LogP contribution is -2.43. The molecule has 0 N–H and O–H groups in total. The Hall–Kier alpha value is -1.71. The molecule has 0 spiro atoms. The van der Waals surface area contributed by atoms with Gasteiger partial charge in [-0.05, 0) is 42.5 Å². The van der Waals surface area contributed by atoms with E-state index in [0.29, 0.717) is 28.9 Å². The van der Waals surface area contributed by atoms with Crippen LogP contribution in [-0.2, 0) is 9.53 Å². The number of halogens is 2. The second-order valence-corrected chi connectivity index (χ2v) is 9.77. The summed E-state index contributed by atoms with van der Waals surface area (Å²) in [4.78, 5) is 22.9. The molecule has 3 aromatic rings. The van der Waals surface area contributed by atoms with Crippen molar-refractivity contribution in [2.45, 2.75) is 11.3 Å². The first-order valence-electron chi connectivity index (χ1n) is 10.1. The average Bonchev–Trinajstić information content (AvgIpc) is 3.19. The van der Waals surface area contributed by atoms with E-state index in [-0.39, 0.29) is 11.7 Å². The molecule has 0 aliphatic carbocycles. The highest BCUT2D eigenvalue weighted by Gasteiger charge is 2.21. The molecule has 1 fully saturated rings. The molecule has 4 rings (SSSR count). The molecule has 0 radical (unpaired) electrons. The fourth-order valence-corrected chi connectivity index (χ4v) is 5.44. The lowest BCUT2D eigenvalue weighted by atomic mass is 10.3. The standard InChI is InChI=1S/C22H23ClFN3O2S2/c23-16-1-6-19-20(15-16)31-22(25-19)27(9-8-26-10-12-29-13-11-26)21(28)7-14-30-18-4-2-17(24)3-5-18/h1-6,15H,7-14H2. The third-order valence-electron chi connectivity index (χ3n) is 5.01. The van der Waals surface area contributed by atoms with Gasteiger partial charge in [0.15, 0.2) is 5.13 Å². The van der Waals surface area contributed by atoms with Gasteiger partial charge < -0.3 is 4.74 Å². The number of aromatic nitrogens is 1. The van der Waals surface area contributed by atoms with Gasteiger partial charge in [0.1, 0.15) is 5.82 Å². The van der Waals surface area contributed by atoms with Gasteiger partial charge >= 0.3 is 0 Å². The minimum atomic E-state index is -0.259. The van der Waals surface area contributed by atoms with Crippen molar-refractivity contribution in [3.05, 3.63) is 53.3 Å². The number of thioether (sulfide) groups is 1. The lowest BCUT2D eigenvalue weighted by Gasteiger charge is -2.29. The summed E-state index contributed by atoms with van der Waals surface area (Å²) in [5.74, 6) is 0.397.